The maximum atomic E-state index is 5.22. The Balaban J connectivity index is 2.28. The van der Waals surface area contributed by atoms with Gasteiger partial charge in [0.15, 0.2) is 0 Å². The Bertz CT molecular complexity index is 142. The Hall–Kier alpha value is -0.500. The molecule has 11 heavy (non-hydrogen) atoms. The van der Waals surface area contributed by atoms with E-state index in [2.05, 4.69) is 18.3 Å². The van der Waals surface area contributed by atoms with E-state index >= 15 is 0 Å². The number of rotatable bonds is 4. The maximum Gasteiger partial charge on any atom is 0.110 e. The molecule has 0 aromatic rings. The summed E-state index contributed by atoms with van der Waals surface area (Å²) >= 11 is 0. The Morgan fingerprint density at radius 3 is 3.18 bits per heavy atom. The fourth-order valence-electron chi connectivity index (χ4n) is 1.42. The quantitative estimate of drug-likeness (QED) is 0.667. The van der Waals surface area contributed by atoms with Gasteiger partial charge >= 0.3 is 0 Å². The molecule has 0 aliphatic carbocycles. The van der Waals surface area contributed by atoms with Crippen molar-refractivity contribution in [3.05, 3.63) is 11.8 Å². The van der Waals surface area contributed by atoms with Crippen molar-refractivity contribution in [3.63, 3.8) is 0 Å². The lowest BCUT2D eigenvalue weighted by Gasteiger charge is -2.13. The Morgan fingerprint density at radius 2 is 2.55 bits per heavy atom. The number of nitrogens with one attached hydrogen (secondary N) is 1. The second-order valence-corrected chi connectivity index (χ2v) is 2.91. The minimum Gasteiger partial charge on any atom is -0.500 e. The smallest absolute Gasteiger partial charge is 0.110 e. The highest BCUT2D eigenvalue weighted by Crippen LogP contribution is 2.14. The third-order valence-corrected chi connectivity index (χ3v) is 2.09. The molecule has 64 valence electrons. The standard InChI is InChI=1S/C9H17NO/c1-3-4-5-8-9(11-2)6-7-10-8/h6,8,10H,3-5,7H2,1-2H3. The van der Waals surface area contributed by atoms with E-state index in [4.69, 9.17) is 4.74 Å². The van der Waals surface area contributed by atoms with Crippen LogP contribution in [-0.4, -0.2) is 19.7 Å². The second-order valence-electron chi connectivity index (χ2n) is 2.91. The number of hydrogen-bond acceptors (Lipinski definition) is 2. The highest BCUT2D eigenvalue weighted by molar-refractivity contribution is 5.10. The average molecular weight is 155 g/mol. The molecule has 0 saturated carbocycles. The van der Waals surface area contributed by atoms with Crippen LogP contribution in [-0.2, 0) is 4.74 Å². The van der Waals surface area contributed by atoms with Crippen LogP contribution in [0.4, 0.5) is 0 Å². The molecule has 0 fully saturated rings. The third-order valence-electron chi connectivity index (χ3n) is 2.09. The average Bonchev–Trinajstić information content (AvgIpc) is 2.47. The van der Waals surface area contributed by atoms with Gasteiger partial charge in [0.1, 0.15) is 5.76 Å². The molecular weight excluding hydrogens is 138 g/mol. The normalized spacial score (nSPS) is 23.5. The van der Waals surface area contributed by atoms with Gasteiger partial charge in [0.05, 0.1) is 13.2 Å². The van der Waals surface area contributed by atoms with Crippen LogP contribution in [0.25, 0.3) is 0 Å². The maximum absolute atomic E-state index is 5.22. The van der Waals surface area contributed by atoms with Crippen molar-refractivity contribution in [3.8, 4) is 0 Å². The molecule has 1 atom stereocenters. The lowest BCUT2D eigenvalue weighted by atomic mass is 10.1. The summed E-state index contributed by atoms with van der Waals surface area (Å²) in [5.74, 6) is 1.12. The molecule has 1 N–H and O–H groups in total. The summed E-state index contributed by atoms with van der Waals surface area (Å²) < 4.78 is 5.22. The van der Waals surface area contributed by atoms with E-state index in [0.717, 1.165) is 12.3 Å². The summed E-state index contributed by atoms with van der Waals surface area (Å²) in [4.78, 5) is 0. The molecule has 0 bridgehead atoms. The van der Waals surface area contributed by atoms with E-state index < -0.39 is 0 Å². The first kappa shape index (κ1) is 8.60. The summed E-state index contributed by atoms with van der Waals surface area (Å²) in [6.07, 6.45) is 5.87. The summed E-state index contributed by atoms with van der Waals surface area (Å²) in [5.41, 5.74) is 0. The lowest BCUT2D eigenvalue weighted by molar-refractivity contribution is 0.258. The monoisotopic (exact) mass is 155 g/mol. The molecule has 0 radical (unpaired) electrons. The first-order valence-corrected chi connectivity index (χ1v) is 4.36. The molecular formula is C9H17NO. The Morgan fingerprint density at radius 1 is 1.73 bits per heavy atom. The van der Waals surface area contributed by atoms with Crippen LogP contribution in [0.15, 0.2) is 11.8 Å². The molecule has 1 heterocycles. The van der Waals surface area contributed by atoms with E-state index in [9.17, 15) is 0 Å². The zero-order valence-corrected chi connectivity index (χ0v) is 7.39. The van der Waals surface area contributed by atoms with Gasteiger partial charge < -0.3 is 10.1 Å². The fraction of sp³-hybridized carbons (Fsp3) is 0.778. The van der Waals surface area contributed by atoms with Crippen LogP contribution in [0.5, 0.6) is 0 Å². The highest BCUT2D eigenvalue weighted by atomic mass is 16.5. The molecule has 1 unspecified atom stereocenters. The molecule has 0 spiro atoms. The van der Waals surface area contributed by atoms with Gasteiger partial charge in [-0.1, -0.05) is 19.8 Å². The van der Waals surface area contributed by atoms with E-state index in [-0.39, 0.29) is 0 Å². The summed E-state index contributed by atoms with van der Waals surface area (Å²) in [7, 11) is 1.75. The van der Waals surface area contributed by atoms with Gasteiger partial charge in [-0.25, -0.2) is 0 Å². The van der Waals surface area contributed by atoms with Crippen LogP contribution in [0.2, 0.25) is 0 Å². The molecule has 0 aromatic heterocycles. The van der Waals surface area contributed by atoms with Gasteiger partial charge in [0.2, 0.25) is 0 Å². The van der Waals surface area contributed by atoms with E-state index in [0.29, 0.717) is 6.04 Å². The van der Waals surface area contributed by atoms with Crippen molar-refractivity contribution >= 4 is 0 Å². The predicted octanol–water partition coefficient (Wildman–Crippen LogP) is 1.68. The van der Waals surface area contributed by atoms with Crippen molar-refractivity contribution < 1.29 is 4.74 Å². The molecule has 2 nitrogen and oxygen atoms in total. The topological polar surface area (TPSA) is 21.3 Å². The van der Waals surface area contributed by atoms with Gasteiger partial charge in [-0.05, 0) is 12.5 Å². The van der Waals surface area contributed by atoms with Crippen LogP contribution < -0.4 is 5.32 Å². The first-order chi connectivity index (χ1) is 5.38. The SMILES string of the molecule is CCCCC1NCC=C1OC. The van der Waals surface area contributed by atoms with Gasteiger partial charge in [-0.2, -0.15) is 0 Å². The van der Waals surface area contributed by atoms with Gasteiger partial charge in [-0.15, -0.1) is 0 Å². The number of unbranched alkanes of at least 4 members (excludes halogenated alkanes) is 1. The van der Waals surface area contributed by atoms with Crippen molar-refractivity contribution in [1.29, 1.82) is 0 Å². The van der Waals surface area contributed by atoms with Crippen LogP contribution in [0.1, 0.15) is 26.2 Å². The summed E-state index contributed by atoms with van der Waals surface area (Å²) in [6, 6.07) is 0.486. The lowest BCUT2D eigenvalue weighted by Crippen LogP contribution is -2.25. The minimum atomic E-state index is 0.486. The van der Waals surface area contributed by atoms with Crippen molar-refractivity contribution in [2.75, 3.05) is 13.7 Å². The Kier molecular flexibility index (Phi) is 3.43. The van der Waals surface area contributed by atoms with Gasteiger partial charge in [-0.3, -0.25) is 0 Å². The van der Waals surface area contributed by atoms with E-state index in [1.165, 1.54) is 19.3 Å². The van der Waals surface area contributed by atoms with Gasteiger partial charge in [0, 0.05) is 6.54 Å². The van der Waals surface area contributed by atoms with Crippen LogP contribution >= 0.6 is 0 Å². The molecule has 0 aromatic carbocycles. The van der Waals surface area contributed by atoms with Crippen LogP contribution in [0.3, 0.4) is 0 Å². The zero-order valence-electron chi connectivity index (χ0n) is 7.39. The minimum absolute atomic E-state index is 0.486. The van der Waals surface area contributed by atoms with Crippen molar-refractivity contribution in [2.24, 2.45) is 0 Å². The second kappa shape index (κ2) is 4.39. The molecule has 1 aliphatic rings. The van der Waals surface area contributed by atoms with Gasteiger partial charge in [0.25, 0.3) is 0 Å². The number of ether oxygens (including phenoxy) is 1. The molecule has 1 aliphatic heterocycles. The number of methoxy groups -OCH3 is 1. The van der Waals surface area contributed by atoms with Crippen molar-refractivity contribution in [1.82, 2.24) is 5.32 Å². The van der Waals surface area contributed by atoms with E-state index in [1.807, 2.05) is 0 Å². The first-order valence-electron chi connectivity index (χ1n) is 4.36. The molecule has 0 saturated heterocycles. The number of hydrogen-bond donors (Lipinski definition) is 1. The van der Waals surface area contributed by atoms with Crippen LogP contribution in [0, 0.1) is 0 Å². The predicted molar refractivity (Wildman–Crippen MR) is 46.4 cm³/mol. The largest absolute Gasteiger partial charge is 0.500 e. The van der Waals surface area contributed by atoms with Crippen molar-refractivity contribution in [2.45, 2.75) is 32.2 Å². The Labute approximate surface area is 68.6 Å². The third kappa shape index (κ3) is 2.22. The zero-order chi connectivity index (χ0) is 8.10. The molecule has 2 heteroatoms. The highest BCUT2D eigenvalue weighted by Gasteiger charge is 2.17. The summed E-state index contributed by atoms with van der Waals surface area (Å²) in [6.45, 7) is 3.18. The molecule has 0 amide bonds. The fourth-order valence-corrected chi connectivity index (χ4v) is 1.42. The van der Waals surface area contributed by atoms with E-state index in [1.54, 1.807) is 7.11 Å². The summed E-state index contributed by atoms with van der Waals surface area (Å²) in [5, 5.41) is 3.37. The molecule has 1 rings (SSSR count).